The van der Waals surface area contributed by atoms with Crippen LogP contribution in [0.1, 0.15) is 25.8 Å². The van der Waals surface area contributed by atoms with Crippen LogP contribution in [0, 0.1) is 0 Å². The van der Waals surface area contributed by atoms with Gasteiger partial charge in [0, 0.05) is 18.4 Å². The Kier molecular flexibility index (Phi) is 4.52. The minimum atomic E-state index is -0.259. The topological polar surface area (TPSA) is 94.0 Å². The Labute approximate surface area is 134 Å². The van der Waals surface area contributed by atoms with Crippen LogP contribution in [0.15, 0.2) is 24.3 Å². The highest BCUT2D eigenvalue weighted by atomic mass is 16.5. The van der Waals surface area contributed by atoms with Crippen molar-refractivity contribution in [3.05, 3.63) is 24.3 Å². The molecule has 2 N–H and O–H groups in total. The highest BCUT2D eigenvalue weighted by Crippen LogP contribution is 2.36. The van der Waals surface area contributed by atoms with Crippen molar-refractivity contribution < 1.29 is 9.53 Å². The highest BCUT2D eigenvalue weighted by Gasteiger charge is 2.28. The van der Waals surface area contributed by atoms with Crippen LogP contribution in [-0.4, -0.2) is 46.0 Å². The molecule has 122 valence electrons. The van der Waals surface area contributed by atoms with Crippen molar-refractivity contribution in [3.8, 4) is 11.4 Å². The molecule has 1 saturated carbocycles. The molecule has 1 aromatic heterocycles. The van der Waals surface area contributed by atoms with Crippen molar-refractivity contribution in [2.24, 2.45) is 0 Å². The van der Waals surface area contributed by atoms with Crippen LogP contribution < -0.4 is 10.6 Å². The summed E-state index contributed by atoms with van der Waals surface area (Å²) in [5, 5.41) is 17.5. The number of aromatic nitrogens is 4. The molecule has 1 unspecified atom stereocenters. The standard InChI is InChI=1S/C15H20N6O2/c1-10(9-23-2)16-15(22)17-12-5-3-11(4-6-12)14-18-19-20-21(14)13-7-8-13/h3-6,10,13H,7-9H2,1-2H3,(H2,16,17,22). The van der Waals surface area contributed by atoms with Gasteiger partial charge >= 0.3 is 6.03 Å². The summed E-state index contributed by atoms with van der Waals surface area (Å²) in [5.74, 6) is 0.761. The van der Waals surface area contributed by atoms with Crippen molar-refractivity contribution in [2.75, 3.05) is 19.0 Å². The zero-order valence-electron chi connectivity index (χ0n) is 13.2. The van der Waals surface area contributed by atoms with Crippen molar-refractivity contribution in [2.45, 2.75) is 31.8 Å². The Bertz CT molecular complexity index is 665. The monoisotopic (exact) mass is 316 g/mol. The predicted octanol–water partition coefficient (Wildman–Crippen LogP) is 1.83. The van der Waals surface area contributed by atoms with E-state index in [4.69, 9.17) is 4.74 Å². The lowest BCUT2D eigenvalue weighted by Crippen LogP contribution is -2.38. The van der Waals surface area contributed by atoms with Gasteiger partial charge in [0.15, 0.2) is 5.82 Å². The second-order valence-electron chi connectivity index (χ2n) is 5.71. The van der Waals surface area contributed by atoms with Crippen LogP contribution in [0.5, 0.6) is 0 Å². The Morgan fingerprint density at radius 1 is 1.39 bits per heavy atom. The van der Waals surface area contributed by atoms with E-state index in [-0.39, 0.29) is 12.1 Å². The number of carbonyl (C=O) groups is 1. The van der Waals surface area contributed by atoms with Gasteiger partial charge in [-0.15, -0.1) is 5.10 Å². The van der Waals surface area contributed by atoms with Gasteiger partial charge in [0.25, 0.3) is 0 Å². The number of urea groups is 1. The van der Waals surface area contributed by atoms with E-state index in [0.29, 0.717) is 18.3 Å². The number of ether oxygens (including phenoxy) is 1. The molecule has 1 aliphatic rings. The zero-order valence-corrected chi connectivity index (χ0v) is 13.2. The number of anilines is 1. The molecule has 1 fully saturated rings. The van der Waals surface area contributed by atoms with Crippen molar-refractivity contribution >= 4 is 11.7 Å². The third-order valence-electron chi connectivity index (χ3n) is 3.58. The van der Waals surface area contributed by atoms with Crippen LogP contribution >= 0.6 is 0 Å². The lowest BCUT2D eigenvalue weighted by atomic mass is 10.2. The molecule has 23 heavy (non-hydrogen) atoms. The Morgan fingerprint density at radius 2 is 2.13 bits per heavy atom. The van der Waals surface area contributed by atoms with Gasteiger partial charge in [-0.3, -0.25) is 0 Å². The molecule has 0 bridgehead atoms. The first-order valence-corrected chi connectivity index (χ1v) is 7.62. The van der Waals surface area contributed by atoms with Gasteiger partial charge in [0.2, 0.25) is 0 Å². The first kappa shape index (κ1) is 15.4. The van der Waals surface area contributed by atoms with Gasteiger partial charge in [-0.05, 0) is 54.5 Å². The maximum Gasteiger partial charge on any atom is 0.319 e. The van der Waals surface area contributed by atoms with E-state index in [1.807, 2.05) is 35.9 Å². The molecule has 1 atom stereocenters. The summed E-state index contributed by atoms with van der Waals surface area (Å²) in [6.07, 6.45) is 2.25. The average Bonchev–Trinajstić information content (AvgIpc) is 3.25. The Hall–Kier alpha value is -2.48. The predicted molar refractivity (Wildman–Crippen MR) is 85.0 cm³/mol. The maximum absolute atomic E-state index is 11.8. The van der Waals surface area contributed by atoms with E-state index < -0.39 is 0 Å². The second-order valence-corrected chi connectivity index (χ2v) is 5.71. The summed E-state index contributed by atoms with van der Waals surface area (Å²) >= 11 is 0. The molecule has 0 radical (unpaired) electrons. The third kappa shape index (κ3) is 3.84. The molecular weight excluding hydrogens is 296 g/mol. The molecule has 0 aliphatic heterocycles. The van der Waals surface area contributed by atoms with Gasteiger partial charge in [-0.1, -0.05) is 0 Å². The summed E-state index contributed by atoms with van der Waals surface area (Å²) < 4.78 is 6.85. The fraction of sp³-hybridized carbons (Fsp3) is 0.467. The van der Waals surface area contributed by atoms with Crippen LogP contribution in [0.4, 0.5) is 10.5 Å². The van der Waals surface area contributed by atoms with Crippen LogP contribution in [0.25, 0.3) is 11.4 Å². The summed E-state index contributed by atoms with van der Waals surface area (Å²) in [6.45, 7) is 2.35. The number of tetrazole rings is 1. The fourth-order valence-electron chi connectivity index (χ4n) is 2.33. The number of nitrogens with zero attached hydrogens (tertiary/aromatic N) is 4. The summed E-state index contributed by atoms with van der Waals surface area (Å²) in [4.78, 5) is 11.8. The molecule has 8 heteroatoms. The molecule has 0 saturated heterocycles. The van der Waals surface area contributed by atoms with E-state index in [1.165, 1.54) is 0 Å². The normalized spacial score (nSPS) is 15.2. The van der Waals surface area contributed by atoms with E-state index in [0.717, 1.165) is 24.2 Å². The molecule has 1 aromatic carbocycles. The SMILES string of the molecule is COCC(C)NC(=O)Nc1ccc(-c2nnnn2C2CC2)cc1. The minimum Gasteiger partial charge on any atom is -0.383 e. The Balaban J connectivity index is 1.63. The van der Waals surface area contributed by atoms with E-state index in [9.17, 15) is 4.79 Å². The second kappa shape index (κ2) is 6.74. The van der Waals surface area contributed by atoms with Crippen LogP contribution in [0.2, 0.25) is 0 Å². The zero-order chi connectivity index (χ0) is 16.2. The first-order valence-electron chi connectivity index (χ1n) is 7.62. The fourth-order valence-corrected chi connectivity index (χ4v) is 2.33. The number of nitrogens with one attached hydrogen (secondary N) is 2. The summed E-state index contributed by atoms with van der Waals surface area (Å²) in [6, 6.07) is 7.58. The largest absolute Gasteiger partial charge is 0.383 e. The molecule has 2 amide bonds. The number of rotatable bonds is 6. The summed E-state index contributed by atoms with van der Waals surface area (Å²) in [5.41, 5.74) is 1.64. The average molecular weight is 316 g/mol. The van der Waals surface area contributed by atoms with E-state index in [2.05, 4.69) is 26.2 Å². The molecule has 2 aromatic rings. The lowest BCUT2D eigenvalue weighted by Gasteiger charge is -2.13. The van der Waals surface area contributed by atoms with E-state index >= 15 is 0 Å². The lowest BCUT2D eigenvalue weighted by molar-refractivity contribution is 0.173. The molecule has 1 aliphatic carbocycles. The van der Waals surface area contributed by atoms with Gasteiger partial charge < -0.3 is 15.4 Å². The molecular formula is C15H20N6O2. The van der Waals surface area contributed by atoms with Gasteiger partial charge in [-0.25, -0.2) is 9.48 Å². The number of hydrogen-bond donors (Lipinski definition) is 2. The number of hydrogen-bond acceptors (Lipinski definition) is 5. The van der Waals surface area contributed by atoms with E-state index in [1.54, 1.807) is 7.11 Å². The Morgan fingerprint density at radius 3 is 2.78 bits per heavy atom. The van der Waals surface area contributed by atoms with Crippen molar-refractivity contribution in [1.82, 2.24) is 25.5 Å². The molecule has 3 rings (SSSR count). The van der Waals surface area contributed by atoms with Crippen LogP contribution in [0.3, 0.4) is 0 Å². The quantitative estimate of drug-likeness (QED) is 0.848. The highest BCUT2D eigenvalue weighted by molar-refractivity contribution is 5.89. The number of amides is 2. The number of benzene rings is 1. The molecule has 8 nitrogen and oxygen atoms in total. The summed E-state index contributed by atoms with van der Waals surface area (Å²) in [7, 11) is 1.60. The maximum atomic E-state index is 11.8. The smallest absolute Gasteiger partial charge is 0.319 e. The molecule has 0 spiro atoms. The van der Waals surface area contributed by atoms with Gasteiger partial charge in [0.1, 0.15) is 0 Å². The molecule has 1 heterocycles. The number of carbonyl (C=O) groups excluding carboxylic acids is 1. The first-order chi connectivity index (χ1) is 11.2. The number of methoxy groups -OCH3 is 1. The van der Waals surface area contributed by atoms with Crippen molar-refractivity contribution in [1.29, 1.82) is 0 Å². The minimum absolute atomic E-state index is 0.0533. The van der Waals surface area contributed by atoms with Gasteiger partial charge in [0.05, 0.1) is 18.7 Å². The van der Waals surface area contributed by atoms with Gasteiger partial charge in [-0.2, -0.15) is 0 Å². The third-order valence-corrected chi connectivity index (χ3v) is 3.58. The van der Waals surface area contributed by atoms with Crippen molar-refractivity contribution in [3.63, 3.8) is 0 Å². The van der Waals surface area contributed by atoms with Crippen LogP contribution in [-0.2, 0) is 4.74 Å².